The number of nitrogens with one attached hydrogen (secondary N) is 2. The monoisotopic (exact) mass is 348 g/mol. The Labute approximate surface area is 127 Å². The van der Waals surface area contributed by atoms with Gasteiger partial charge in [0.1, 0.15) is 5.75 Å². The molecule has 0 bridgehead atoms. The molecule has 2 atom stereocenters. The summed E-state index contributed by atoms with van der Waals surface area (Å²) in [5, 5.41) is 6.19. The topological polar surface area (TPSA) is 50.4 Å². The Balaban J connectivity index is 0.00000180. The van der Waals surface area contributed by atoms with Gasteiger partial charge >= 0.3 is 0 Å². The molecule has 6 heteroatoms. The third-order valence-electron chi connectivity index (χ3n) is 2.90. The van der Waals surface area contributed by atoms with E-state index >= 15 is 0 Å². The first-order valence-corrected chi connectivity index (χ1v) is 6.88. The molecule has 0 aromatic heterocycles. The molecule has 1 aliphatic rings. The third-order valence-corrected chi connectivity index (χ3v) is 3.43. The molecule has 106 valence electrons. The Hall–Kier alpha value is -0.780. The summed E-state index contributed by atoms with van der Waals surface area (Å²) in [6, 6.07) is 7.69. The van der Waals surface area contributed by atoms with Crippen LogP contribution in [0.15, 0.2) is 28.7 Å². The van der Waals surface area contributed by atoms with Gasteiger partial charge in [-0.3, -0.25) is 4.79 Å². The van der Waals surface area contributed by atoms with Crippen molar-refractivity contribution in [3.8, 4) is 5.75 Å². The van der Waals surface area contributed by atoms with Crippen LogP contribution in [0.4, 0.5) is 0 Å². The molecule has 1 aliphatic heterocycles. The minimum Gasteiger partial charge on any atom is -0.481 e. The highest BCUT2D eigenvalue weighted by Gasteiger charge is 2.21. The van der Waals surface area contributed by atoms with E-state index in [1.165, 1.54) is 0 Å². The van der Waals surface area contributed by atoms with Gasteiger partial charge in [0.2, 0.25) is 0 Å². The molecule has 2 rings (SSSR count). The van der Waals surface area contributed by atoms with Crippen LogP contribution in [0.2, 0.25) is 0 Å². The number of hydrogen-bond donors (Lipinski definition) is 2. The molecule has 1 aromatic carbocycles. The Morgan fingerprint density at radius 3 is 2.74 bits per heavy atom. The van der Waals surface area contributed by atoms with Gasteiger partial charge in [0.05, 0.1) is 0 Å². The van der Waals surface area contributed by atoms with Crippen LogP contribution < -0.4 is 15.4 Å². The molecule has 1 saturated heterocycles. The molecular formula is C13H18BrClN2O2. The largest absolute Gasteiger partial charge is 0.481 e. The second-order valence-corrected chi connectivity index (χ2v) is 5.33. The minimum atomic E-state index is -0.480. The van der Waals surface area contributed by atoms with Gasteiger partial charge in [0.25, 0.3) is 5.91 Å². The molecule has 1 fully saturated rings. The second-order valence-electron chi connectivity index (χ2n) is 4.41. The molecule has 4 nitrogen and oxygen atoms in total. The molecule has 1 amide bonds. The molecule has 1 heterocycles. The molecule has 0 spiro atoms. The van der Waals surface area contributed by atoms with Crippen molar-refractivity contribution in [2.24, 2.45) is 0 Å². The minimum absolute atomic E-state index is 0. The van der Waals surface area contributed by atoms with Gasteiger partial charge in [-0.15, -0.1) is 12.4 Å². The summed E-state index contributed by atoms with van der Waals surface area (Å²) in [4.78, 5) is 11.9. The van der Waals surface area contributed by atoms with Crippen molar-refractivity contribution >= 4 is 34.2 Å². The fourth-order valence-corrected chi connectivity index (χ4v) is 2.13. The van der Waals surface area contributed by atoms with Crippen LogP contribution in [-0.4, -0.2) is 31.1 Å². The predicted octanol–water partition coefficient (Wildman–Crippen LogP) is 2.12. The number of halogens is 2. The van der Waals surface area contributed by atoms with Crippen LogP contribution in [0.5, 0.6) is 5.75 Å². The van der Waals surface area contributed by atoms with Crippen molar-refractivity contribution in [3.05, 3.63) is 28.7 Å². The van der Waals surface area contributed by atoms with E-state index in [9.17, 15) is 4.79 Å². The third kappa shape index (κ3) is 5.01. The summed E-state index contributed by atoms with van der Waals surface area (Å²) in [7, 11) is 0. The van der Waals surface area contributed by atoms with Crippen LogP contribution in [0.1, 0.15) is 13.3 Å². The number of benzene rings is 1. The number of amides is 1. The summed E-state index contributed by atoms with van der Waals surface area (Å²) in [5.41, 5.74) is 0. The van der Waals surface area contributed by atoms with E-state index in [0.717, 1.165) is 24.0 Å². The van der Waals surface area contributed by atoms with Crippen LogP contribution >= 0.6 is 28.3 Å². The summed E-state index contributed by atoms with van der Waals surface area (Å²) in [6.07, 6.45) is 0.503. The molecule has 19 heavy (non-hydrogen) atoms. The normalized spacial score (nSPS) is 19.4. The van der Waals surface area contributed by atoms with Gasteiger partial charge in [0.15, 0.2) is 6.10 Å². The van der Waals surface area contributed by atoms with Gasteiger partial charge in [0, 0.05) is 17.1 Å². The first kappa shape index (κ1) is 16.3. The molecule has 2 unspecified atom stereocenters. The Bertz CT molecular complexity index is 408. The lowest BCUT2D eigenvalue weighted by Crippen LogP contribution is -2.43. The first-order valence-electron chi connectivity index (χ1n) is 6.08. The number of carbonyl (C=O) groups is 1. The number of rotatable bonds is 4. The lowest BCUT2D eigenvalue weighted by atomic mass is 10.2. The Morgan fingerprint density at radius 1 is 1.47 bits per heavy atom. The standard InChI is InChI=1S/C13H17BrN2O2.ClH/c1-9(13(17)16-11-6-7-15-8-11)18-12-4-2-10(14)3-5-12;/h2-5,9,11,15H,6-8H2,1H3,(H,16,17);1H. The number of ether oxygens (including phenoxy) is 1. The van der Waals surface area contributed by atoms with E-state index in [2.05, 4.69) is 26.6 Å². The van der Waals surface area contributed by atoms with E-state index in [4.69, 9.17) is 4.74 Å². The van der Waals surface area contributed by atoms with E-state index in [-0.39, 0.29) is 24.4 Å². The smallest absolute Gasteiger partial charge is 0.261 e. The van der Waals surface area contributed by atoms with Crippen molar-refractivity contribution in [3.63, 3.8) is 0 Å². The number of hydrogen-bond acceptors (Lipinski definition) is 3. The summed E-state index contributed by atoms with van der Waals surface area (Å²) in [6.45, 7) is 3.57. The van der Waals surface area contributed by atoms with Crippen LogP contribution in [-0.2, 0) is 4.79 Å². The lowest BCUT2D eigenvalue weighted by molar-refractivity contribution is -0.127. The maximum absolute atomic E-state index is 11.9. The van der Waals surface area contributed by atoms with Crippen molar-refractivity contribution < 1.29 is 9.53 Å². The zero-order valence-corrected chi connectivity index (χ0v) is 13.1. The van der Waals surface area contributed by atoms with Crippen molar-refractivity contribution in [1.82, 2.24) is 10.6 Å². The predicted molar refractivity (Wildman–Crippen MR) is 80.9 cm³/mol. The van der Waals surface area contributed by atoms with Crippen LogP contribution in [0, 0.1) is 0 Å². The second kappa shape index (κ2) is 7.72. The van der Waals surface area contributed by atoms with Gasteiger partial charge in [-0.25, -0.2) is 0 Å². The van der Waals surface area contributed by atoms with Gasteiger partial charge in [-0.1, -0.05) is 15.9 Å². The zero-order chi connectivity index (χ0) is 13.0. The van der Waals surface area contributed by atoms with E-state index in [1.807, 2.05) is 24.3 Å². The van der Waals surface area contributed by atoms with E-state index < -0.39 is 6.10 Å². The lowest BCUT2D eigenvalue weighted by Gasteiger charge is -2.17. The van der Waals surface area contributed by atoms with Crippen LogP contribution in [0.25, 0.3) is 0 Å². The molecule has 2 N–H and O–H groups in total. The number of carbonyl (C=O) groups excluding carboxylic acids is 1. The maximum atomic E-state index is 11.9. The summed E-state index contributed by atoms with van der Waals surface area (Å²) < 4.78 is 6.58. The maximum Gasteiger partial charge on any atom is 0.261 e. The summed E-state index contributed by atoms with van der Waals surface area (Å²) in [5.74, 6) is 0.636. The summed E-state index contributed by atoms with van der Waals surface area (Å²) >= 11 is 3.36. The molecule has 1 aromatic rings. The van der Waals surface area contributed by atoms with Crippen molar-refractivity contribution in [2.75, 3.05) is 13.1 Å². The fourth-order valence-electron chi connectivity index (χ4n) is 1.87. The highest BCUT2D eigenvalue weighted by atomic mass is 79.9. The molecule has 0 radical (unpaired) electrons. The van der Waals surface area contributed by atoms with Gasteiger partial charge in [-0.05, 0) is 44.2 Å². The SMILES string of the molecule is CC(Oc1ccc(Br)cc1)C(=O)NC1CCNC1.Cl. The van der Waals surface area contributed by atoms with Gasteiger partial charge in [-0.2, -0.15) is 0 Å². The molecule has 0 saturated carbocycles. The highest BCUT2D eigenvalue weighted by molar-refractivity contribution is 9.10. The van der Waals surface area contributed by atoms with Crippen molar-refractivity contribution in [1.29, 1.82) is 0 Å². The van der Waals surface area contributed by atoms with E-state index in [0.29, 0.717) is 5.75 Å². The Kier molecular flexibility index (Phi) is 6.62. The first-order chi connectivity index (χ1) is 8.65. The quantitative estimate of drug-likeness (QED) is 0.875. The van der Waals surface area contributed by atoms with Crippen molar-refractivity contribution in [2.45, 2.75) is 25.5 Å². The average molecular weight is 350 g/mol. The van der Waals surface area contributed by atoms with E-state index in [1.54, 1.807) is 6.92 Å². The fraction of sp³-hybridized carbons (Fsp3) is 0.462. The Morgan fingerprint density at radius 2 is 2.16 bits per heavy atom. The molecular weight excluding hydrogens is 332 g/mol. The van der Waals surface area contributed by atoms with Gasteiger partial charge < -0.3 is 15.4 Å². The highest BCUT2D eigenvalue weighted by Crippen LogP contribution is 2.17. The zero-order valence-electron chi connectivity index (χ0n) is 10.7. The molecule has 0 aliphatic carbocycles. The average Bonchev–Trinajstić information content (AvgIpc) is 2.85. The van der Waals surface area contributed by atoms with Crippen LogP contribution in [0.3, 0.4) is 0 Å².